The molecule has 0 unspecified atom stereocenters. The van der Waals surface area contributed by atoms with E-state index in [0.29, 0.717) is 64.5 Å². The van der Waals surface area contributed by atoms with Crippen molar-refractivity contribution in [1.29, 1.82) is 0 Å². The van der Waals surface area contributed by atoms with Crippen LogP contribution >= 0.6 is 50.5 Å². The number of halogens is 3. The minimum absolute atomic E-state index is 0.128. The van der Waals surface area contributed by atoms with Crippen molar-refractivity contribution in [3.8, 4) is 17.2 Å². The minimum atomic E-state index is -0.801. The quantitative estimate of drug-likeness (QED) is 0.146. The van der Waals surface area contributed by atoms with Gasteiger partial charge in [0.2, 0.25) is 0 Å². The van der Waals surface area contributed by atoms with Gasteiger partial charge < -0.3 is 18.9 Å². The summed E-state index contributed by atoms with van der Waals surface area (Å²) < 4.78 is 26.3. The van der Waals surface area contributed by atoms with E-state index < -0.39 is 12.0 Å². The van der Waals surface area contributed by atoms with Crippen LogP contribution in [0.1, 0.15) is 57.4 Å². The number of thiazole rings is 1. The molecule has 12 heteroatoms. The average molecular weight is 761 g/mol. The Morgan fingerprint density at radius 3 is 2.51 bits per heavy atom. The Labute approximate surface area is 295 Å². The van der Waals surface area contributed by atoms with Crippen LogP contribution in [0.3, 0.4) is 0 Å². The van der Waals surface area contributed by atoms with Crippen LogP contribution in [0.2, 0.25) is 10.0 Å². The summed E-state index contributed by atoms with van der Waals surface area (Å²) in [5.74, 6) is 1.04. The fourth-order valence-corrected chi connectivity index (χ4v) is 7.11. The highest BCUT2D eigenvalue weighted by molar-refractivity contribution is 9.10. The molecule has 0 bridgehead atoms. The largest absolute Gasteiger partial charge is 0.491 e. The monoisotopic (exact) mass is 758 g/mol. The van der Waals surface area contributed by atoms with E-state index >= 15 is 0 Å². The van der Waals surface area contributed by atoms with Crippen LogP contribution in [0.15, 0.2) is 80.1 Å². The van der Waals surface area contributed by atoms with Crippen LogP contribution in [0.5, 0.6) is 17.2 Å². The Kier molecular flexibility index (Phi) is 11.2. The molecule has 1 aliphatic heterocycles. The molecule has 0 spiro atoms. The molecule has 2 heterocycles. The highest BCUT2D eigenvalue weighted by atomic mass is 79.9. The van der Waals surface area contributed by atoms with Crippen LogP contribution in [-0.4, -0.2) is 29.9 Å². The minimum Gasteiger partial charge on any atom is -0.491 e. The summed E-state index contributed by atoms with van der Waals surface area (Å²) >= 11 is 17.1. The summed E-state index contributed by atoms with van der Waals surface area (Å²) in [6.07, 6.45) is 1.65. The highest BCUT2D eigenvalue weighted by Gasteiger charge is 2.35. The number of para-hydroxylation sites is 1. The zero-order chi connectivity index (χ0) is 33.8. The van der Waals surface area contributed by atoms with E-state index in [1.54, 1.807) is 36.6 Å². The Morgan fingerprint density at radius 1 is 1.04 bits per heavy atom. The molecule has 0 saturated heterocycles. The molecular weight excluding hydrogens is 727 g/mol. The number of carbonyl (C=O) groups is 1. The smallest absolute Gasteiger partial charge is 0.338 e. The summed E-state index contributed by atoms with van der Waals surface area (Å²) in [4.78, 5) is 32.7. The van der Waals surface area contributed by atoms with Crippen molar-refractivity contribution in [2.75, 3.05) is 13.2 Å². The van der Waals surface area contributed by atoms with E-state index in [0.717, 1.165) is 5.56 Å². The van der Waals surface area contributed by atoms with Crippen molar-refractivity contribution >= 4 is 62.5 Å². The molecule has 0 radical (unpaired) electrons. The van der Waals surface area contributed by atoms with Gasteiger partial charge in [-0.1, -0.05) is 58.8 Å². The predicted molar refractivity (Wildman–Crippen MR) is 189 cm³/mol. The van der Waals surface area contributed by atoms with Gasteiger partial charge in [-0.2, -0.15) is 0 Å². The van der Waals surface area contributed by atoms with Gasteiger partial charge >= 0.3 is 5.97 Å². The second kappa shape index (κ2) is 15.1. The third-order valence-electron chi connectivity index (χ3n) is 7.09. The van der Waals surface area contributed by atoms with E-state index in [-0.39, 0.29) is 30.5 Å². The molecule has 47 heavy (non-hydrogen) atoms. The Bertz CT molecular complexity index is 2040. The summed E-state index contributed by atoms with van der Waals surface area (Å²) in [6.45, 7) is 10.0. The van der Waals surface area contributed by atoms with Gasteiger partial charge in [0, 0.05) is 5.56 Å². The first kappa shape index (κ1) is 34.8. The zero-order valence-electron chi connectivity index (χ0n) is 26.4. The predicted octanol–water partition coefficient (Wildman–Crippen LogP) is 7.63. The van der Waals surface area contributed by atoms with Crippen LogP contribution in [0.25, 0.3) is 6.08 Å². The molecule has 0 aliphatic carbocycles. The second-order valence-electron chi connectivity index (χ2n) is 10.8. The van der Waals surface area contributed by atoms with Gasteiger partial charge in [0.1, 0.15) is 18.4 Å². The van der Waals surface area contributed by atoms with Crippen LogP contribution in [0.4, 0.5) is 0 Å². The number of allylic oxidation sites excluding steroid dienone is 1. The molecule has 8 nitrogen and oxygen atoms in total. The van der Waals surface area contributed by atoms with E-state index in [4.69, 9.17) is 47.1 Å². The van der Waals surface area contributed by atoms with E-state index in [2.05, 4.69) is 15.9 Å². The average Bonchev–Trinajstić information content (AvgIpc) is 3.31. The van der Waals surface area contributed by atoms with E-state index in [1.165, 1.54) is 11.3 Å². The molecule has 0 N–H and O–H groups in total. The molecule has 3 aromatic carbocycles. The summed E-state index contributed by atoms with van der Waals surface area (Å²) in [5, 5.41) is 0.907. The van der Waals surface area contributed by atoms with Crippen molar-refractivity contribution in [3.63, 3.8) is 0 Å². The lowest BCUT2D eigenvalue weighted by atomic mass is 9.95. The maximum atomic E-state index is 14.2. The number of rotatable bonds is 11. The number of aromatic nitrogens is 1. The molecule has 5 rings (SSSR count). The highest BCUT2D eigenvalue weighted by Crippen LogP contribution is 2.39. The number of benzene rings is 3. The van der Waals surface area contributed by atoms with Gasteiger partial charge in [0.25, 0.3) is 5.56 Å². The second-order valence-corrected chi connectivity index (χ2v) is 13.5. The topological polar surface area (TPSA) is 88.4 Å². The maximum Gasteiger partial charge on any atom is 0.338 e. The van der Waals surface area contributed by atoms with Gasteiger partial charge in [-0.25, -0.2) is 9.79 Å². The van der Waals surface area contributed by atoms with Crippen LogP contribution < -0.4 is 29.1 Å². The number of esters is 1. The van der Waals surface area contributed by atoms with Crippen molar-refractivity contribution < 1.29 is 23.7 Å². The molecule has 1 aliphatic rings. The van der Waals surface area contributed by atoms with Gasteiger partial charge in [0.15, 0.2) is 16.3 Å². The molecule has 1 aromatic heterocycles. The van der Waals surface area contributed by atoms with Gasteiger partial charge in [-0.15, -0.1) is 0 Å². The Balaban J connectivity index is 1.60. The maximum absolute atomic E-state index is 14.2. The Hall–Kier alpha value is -3.57. The lowest BCUT2D eigenvalue weighted by Crippen LogP contribution is -2.40. The molecular formula is C35H33BrCl2N2O6S. The van der Waals surface area contributed by atoms with Gasteiger partial charge in [-0.3, -0.25) is 9.36 Å². The first-order chi connectivity index (χ1) is 22.5. The fraction of sp³-hybridized carbons (Fsp3) is 0.286. The SMILES string of the molecule is CCOC(=O)C1=C(C)N=c2s/c(=C\c3cc(Br)c(OCc4ccc(Cl)c(Cl)c4)c(OCC)c3)c(=O)n2[C@H]1c1ccccc1OC(C)C. The standard InChI is InChI=1S/C35H33BrCl2N2O6S/c1-6-43-28-16-22(14-24(36)32(28)45-18-21-12-13-25(37)26(38)15-21)17-29-33(41)40-31(23-10-8-9-11-27(23)46-19(3)4)30(34(42)44-7-2)20(5)39-35(40)47-29/h8-17,19,31H,6-7,18H2,1-5H3/b29-17-/t31-/m0/s1. The first-order valence-corrected chi connectivity index (χ1v) is 17.4. The number of nitrogens with zero attached hydrogens (tertiary/aromatic N) is 2. The molecule has 0 fully saturated rings. The molecule has 0 saturated carbocycles. The normalized spacial score (nSPS) is 14.6. The fourth-order valence-electron chi connectivity index (χ4n) is 5.16. The van der Waals surface area contributed by atoms with Crippen LogP contribution in [0, 0.1) is 0 Å². The Morgan fingerprint density at radius 2 is 1.81 bits per heavy atom. The van der Waals surface area contributed by atoms with Crippen molar-refractivity contribution in [2.24, 2.45) is 4.99 Å². The van der Waals surface area contributed by atoms with Crippen LogP contribution in [-0.2, 0) is 16.1 Å². The van der Waals surface area contributed by atoms with Gasteiger partial charge in [-0.05, 0) is 98.1 Å². The van der Waals surface area contributed by atoms with Gasteiger partial charge in [0.05, 0.1) is 49.6 Å². The van der Waals surface area contributed by atoms with Crippen molar-refractivity contribution in [3.05, 3.63) is 117 Å². The molecule has 246 valence electrons. The van der Waals surface area contributed by atoms with E-state index in [1.807, 2.05) is 63.2 Å². The third kappa shape index (κ3) is 7.62. The zero-order valence-corrected chi connectivity index (χ0v) is 30.3. The first-order valence-electron chi connectivity index (χ1n) is 15.0. The lowest BCUT2D eigenvalue weighted by Gasteiger charge is -2.26. The summed E-state index contributed by atoms with van der Waals surface area (Å²) in [5.41, 5.74) is 2.67. The third-order valence-corrected chi connectivity index (χ3v) is 9.40. The number of hydrogen-bond donors (Lipinski definition) is 0. The van der Waals surface area contributed by atoms with E-state index in [9.17, 15) is 9.59 Å². The summed E-state index contributed by atoms with van der Waals surface area (Å²) in [6, 6.07) is 15.6. The molecule has 1 atom stereocenters. The number of ether oxygens (including phenoxy) is 4. The molecule has 0 amide bonds. The molecule has 4 aromatic rings. The number of hydrogen-bond acceptors (Lipinski definition) is 8. The summed E-state index contributed by atoms with van der Waals surface area (Å²) in [7, 11) is 0. The van der Waals surface area contributed by atoms with Crippen molar-refractivity contribution in [2.45, 2.75) is 53.4 Å². The van der Waals surface area contributed by atoms with Crippen molar-refractivity contribution in [1.82, 2.24) is 4.57 Å². The number of carbonyl (C=O) groups excluding carboxylic acids is 1. The number of fused-ring (bicyclic) bond motifs is 1. The lowest BCUT2D eigenvalue weighted by molar-refractivity contribution is -0.139.